The van der Waals surface area contributed by atoms with E-state index in [9.17, 15) is 0 Å². The third-order valence-corrected chi connectivity index (χ3v) is 2.99. The van der Waals surface area contributed by atoms with Crippen LogP contribution >= 0.6 is 11.6 Å². The maximum Gasteiger partial charge on any atom is 0.241 e. The number of hydrogen-bond donors (Lipinski definition) is 1. The van der Waals surface area contributed by atoms with Crippen LogP contribution in [-0.4, -0.2) is 34.3 Å². The van der Waals surface area contributed by atoms with Gasteiger partial charge in [-0.05, 0) is 18.0 Å². The Bertz CT molecular complexity index is 749. The Morgan fingerprint density at radius 1 is 1.29 bits per heavy atom. The standard InChI is InChI=1S/C12H13ClN8/c1-3-8-9(6-20(2)19-8)15-11-16-10(13)17-12(18-11)21-5-4-14-7-21/h4-7H,3H2,1-2H3,(H,15,16,17,18). The molecule has 1 N–H and O–H groups in total. The molecular weight excluding hydrogens is 292 g/mol. The molecule has 3 aromatic heterocycles. The van der Waals surface area contributed by atoms with E-state index in [1.165, 1.54) is 0 Å². The van der Waals surface area contributed by atoms with Crippen molar-refractivity contribution >= 4 is 23.2 Å². The molecule has 0 amide bonds. The van der Waals surface area contributed by atoms with Gasteiger partial charge in [-0.15, -0.1) is 0 Å². The van der Waals surface area contributed by atoms with Crippen molar-refractivity contribution in [2.45, 2.75) is 13.3 Å². The smallest absolute Gasteiger partial charge is 0.241 e. The second kappa shape index (κ2) is 5.49. The first-order valence-corrected chi connectivity index (χ1v) is 6.73. The summed E-state index contributed by atoms with van der Waals surface area (Å²) >= 11 is 5.96. The first-order chi connectivity index (χ1) is 10.2. The number of rotatable bonds is 4. The number of nitrogens with zero attached hydrogens (tertiary/aromatic N) is 7. The zero-order chi connectivity index (χ0) is 14.8. The number of hydrogen-bond acceptors (Lipinski definition) is 6. The Morgan fingerprint density at radius 3 is 2.86 bits per heavy atom. The summed E-state index contributed by atoms with van der Waals surface area (Å²) in [5, 5.41) is 7.59. The van der Waals surface area contributed by atoms with Crippen LogP contribution in [0.2, 0.25) is 5.28 Å². The second-order valence-electron chi connectivity index (χ2n) is 4.34. The molecule has 0 aliphatic carbocycles. The van der Waals surface area contributed by atoms with Crippen molar-refractivity contribution in [1.82, 2.24) is 34.3 Å². The predicted octanol–water partition coefficient (Wildman–Crippen LogP) is 1.75. The van der Waals surface area contributed by atoms with Crippen molar-refractivity contribution < 1.29 is 0 Å². The summed E-state index contributed by atoms with van der Waals surface area (Å²) in [6.07, 6.45) is 7.64. The van der Waals surface area contributed by atoms with E-state index in [0.717, 1.165) is 17.8 Å². The fraction of sp³-hybridized carbons (Fsp3) is 0.250. The van der Waals surface area contributed by atoms with Gasteiger partial charge < -0.3 is 5.32 Å². The molecule has 0 saturated carbocycles. The van der Waals surface area contributed by atoms with Crippen LogP contribution in [0.15, 0.2) is 24.9 Å². The zero-order valence-corrected chi connectivity index (χ0v) is 12.3. The minimum Gasteiger partial charge on any atom is -0.321 e. The lowest BCUT2D eigenvalue weighted by atomic mass is 10.3. The van der Waals surface area contributed by atoms with Crippen LogP contribution < -0.4 is 5.32 Å². The quantitative estimate of drug-likeness (QED) is 0.790. The van der Waals surface area contributed by atoms with Gasteiger partial charge in [-0.2, -0.15) is 20.1 Å². The van der Waals surface area contributed by atoms with Crippen LogP contribution in [-0.2, 0) is 13.5 Å². The van der Waals surface area contributed by atoms with Crippen molar-refractivity contribution in [3.8, 4) is 5.95 Å². The van der Waals surface area contributed by atoms with Crippen LogP contribution in [0, 0.1) is 0 Å². The van der Waals surface area contributed by atoms with E-state index in [2.05, 4.69) is 30.4 Å². The Labute approximate surface area is 125 Å². The van der Waals surface area contributed by atoms with E-state index < -0.39 is 0 Å². The zero-order valence-electron chi connectivity index (χ0n) is 11.5. The van der Waals surface area contributed by atoms with E-state index in [0.29, 0.717) is 11.9 Å². The molecule has 0 aliphatic heterocycles. The van der Waals surface area contributed by atoms with E-state index in [1.54, 1.807) is 28.0 Å². The first kappa shape index (κ1) is 13.5. The van der Waals surface area contributed by atoms with Gasteiger partial charge in [0, 0.05) is 25.6 Å². The van der Waals surface area contributed by atoms with Crippen molar-refractivity contribution in [3.05, 3.63) is 35.9 Å². The molecule has 0 fully saturated rings. The lowest BCUT2D eigenvalue weighted by molar-refractivity contribution is 0.746. The molecule has 0 aromatic carbocycles. The molecule has 108 valence electrons. The highest BCUT2D eigenvalue weighted by Gasteiger charge is 2.10. The Kier molecular flexibility index (Phi) is 3.53. The van der Waals surface area contributed by atoms with Crippen molar-refractivity contribution in [2.75, 3.05) is 5.32 Å². The average molecular weight is 305 g/mol. The summed E-state index contributed by atoms with van der Waals surface area (Å²) in [6.45, 7) is 2.03. The Balaban J connectivity index is 1.95. The number of aryl methyl sites for hydroxylation is 2. The van der Waals surface area contributed by atoms with Gasteiger partial charge in [0.2, 0.25) is 17.2 Å². The lowest BCUT2D eigenvalue weighted by Crippen LogP contribution is -2.05. The van der Waals surface area contributed by atoms with Gasteiger partial charge in [-0.3, -0.25) is 9.25 Å². The Morgan fingerprint density at radius 2 is 2.14 bits per heavy atom. The summed E-state index contributed by atoms with van der Waals surface area (Å²) in [6, 6.07) is 0. The minimum absolute atomic E-state index is 0.109. The van der Waals surface area contributed by atoms with Crippen LogP contribution in [0.5, 0.6) is 0 Å². The lowest BCUT2D eigenvalue weighted by Gasteiger charge is -2.06. The summed E-state index contributed by atoms with van der Waals surface area (Å²) in [5.41, 5.74) is 1.78. The molecule has 0 spiro atoms. The maximum absolute atomic E-state index is 5.96. The van der Waals surface area contributed by atoms with E-state index in [4.69, 9.17) is 11.6 Å². The average Bonchev–Trinajstić information content (AvgIpc) is 3.07. The van der Waals surface area contributed by atoms with Gasteiger partial charge in [0.25, 0.3) is 0 Å². The SMILES string of the molecule is CCc1nn(C)cc1Nc1nc(Cl)nc(-n2ccnc2)n1. The van der Waals surface area contributed by atoms with E-state index in [-0.39, 0.29) is 5.28 Å². The molecule has 3 aromatic rings. The number of imidazole rings is 1. The summed E-state index contributed by atoms with van der Waals surface area (Å²) in [4.78, 5) is 16.4. The normalized spacial score (nSPS) is 10.8. The van der Waals surface area contributed by atoms with Crippen LogP contribution in [0.25, 0.3) is 5.95 Å². The monoisotopic (exact) mass is 304 g/mol. The molecule has 0 saturated heterocycles. The van der Waals surface area contributed by atoms with E-state index in [1.807, 2.05) is 20.2 Å². The molecular formula is C12H13ClN8. The van der Waals surface area contributed by atoms with Crippen molar-refractivity contribution in [1.29, 1.82) is 0 Å². The van der Waals surface area contributed by atoms with Gasteiger partial charge in [-0.1, -0.05) is 6.92 Å². The largest absolute Gasteiger partial charge is 0.321 e. The van der Waals surface area contributed by atoms with Crippen LogP contribution in [0.1, 0.15) is 12.6 Å². The third-order valence-electron chi connectivity index (χ3n) is 2.82. The number of anilines is 2. The maximum atomic E-state index is 5.96. The molecule has 0 aliphatic rings. The predicted molar refractivity (Wildman–Crippen MR) is 77.8 cm³/mol. The molecule has 0 radical (unpaired) electrons. The first-order valence-electron chi connectivity index (χ1n) is 6.35. The van der Waals surface area contributed by atoms with E-state index >= 15 is 0 Å². The summed E-state index contributed by atoms with van der Waals surface area (Å²) < 4.78 is 3.39. The molecule has 8 nitrogen and oxygen atoms in total. The molecule has 0 bridgehead atoms. The molecule has 3 heterocycles. The molecule has 9 heteroatoms. The van der Waals surface area contributed by atoms with Gasteiger partial charge in [0.1, 0.15) is 6.33 Å². The molecule has 3 rings (SSSR count). The fourth-order valence-corrected chi connectivity index (χ4v) is 2.06. The topological polar surface area (TPSA) is 86.3 Å². The fourth-order valence-electron chi connectivity index (χ4n) is 1.91. The summed E-state index contributed by atoms with van der Waals surface area (Å²) in [7, 11) is 1.86. The van der Waals surface area contributed by atoms with Gasteiger partial charge in [0.15, 0.2) is 0 Å². The molecule has 0 unspecified atom stereocenters. The second-order valence-corrected chi connectivity index (χ2v) is 4.68. The third kappa shape index (κ3) is 2.84. The Hall–Kier alpha value is -2.48. The number of nitrogens with one attached hydrogen (secondary N) is 1. The highest BCUT2D eigenvalue weighted by molar-refractivity contribution is 6.28. The van der Waals surface area contributed by atoms with Crippen LogP contribution in [0.3, 0.4) is 0 Å². The number of aromatic nitrogens is 7. The number of halogens is 1. The minimum atomic E-state index is 0.109. The summed E-state index contributed by atoms with van der Waals surface area (Å²) in [5.74, 6) is 0.762. The van der Waals surface area contributed by atoms with Gasteiger partial charge in [0.05, 0.1) is 11.4 Å². The highest BCUT2D eigenvalue weighted by atomic mass is 35.5. The van der Waals surface area contributed by atoms with Gasteiger partial charge >= 0.3 is 0 Å². The van der Waals surface area contributed by atoms with Gasteiger partial charge in [-0.25, -0.2) is 4.98 Å². The van der Waals surface area contributed by atoms with Crippen LogP contribution in [0.4, 0.5) is 11.6 Å². The van der Waals surface area contributed by atoms with Crippen molar-refractivity contribution in [2.24, 2.45) is 7.05 Å². The molecule has 0 atom stereocenters. The molecule has 21 heavy (non-hydrogen) atoms. The highest BCUT2D eigenvalue weighted by Crippen LogP contribution is 2.19. The van der Waals surface area contributed by atoms with Crippen molar-refractivity contribution in [3.63, 3.8) is 0 Å².